The van der Waals surface area contributed by atoms with Crippen molar-refractivity contribution in [2.45, 2.75) is 31.7 Å². The molecule has 2 aromatic rings. The molecule has 1 atom stereocenters. The predicted molar refractivity (Wildman–Crippen MR) is 83.1 cm³/mol. The molecule has 21 heavy (non-hydrogen) atoms. The third-order valence-electron chi connectivity index (χ3n) is 4.21. The maximum Gasteiger partial charge on any atom is 0.130 e. The summed E-state index contributed by atoms with van der Waals surface area (Å²) in [5.74, 6) is 0.864. The molecule has 1 saturated heterocycles. The van der Waals surface area contributed by atoms with Crippen LogP contribution in [-0.2, 0) is 0 Å². The highest BCUT2D eigenvalue weighted by Gasteiger charge is 2.23. The van der Waals surface area contributed by atoms with Gasteiger partial charge in [0.25, 0.3) is 0 Å². The van der Waals surface area contributed by atoms with Crippen molar-refractivity contribution in [2.24, 2.45) is 0 Å². The molecule has 0 saturated carbocycles. The van der Waals surface area contributed by atoms with Gasteiger partial charge < -0.3 is 10.0 Å². The summed E-state index contributed by atoms with van der Waals surface area (Å²) in [7, 11) is 0. The lowest BCUT2D eigenvalue weighted by molar-refractivity contribution is 0.262. The Kier molecular flexibility index (Phi) is 4.03. The molecule has 1 aromatic heterocycles. The summed E-state index contributed by atoms with van der Waals surface area (Å²) in [6, 6.07) is 12.3. The van der Waals surface area contributed by atoms with Gasteiger partial charge in [0.15, 0.2) is 0 Å². The second kappa shape index (κ2) is 6.11. The Morgan fingerprint density at radius 3 is 3.00 bits per heavy atom. The summed E-state index contributed by atoms with van der Waals surface area (Å²) in [5, 5.41) is 19.5. The van der Waals surface area contributed by atoms with Crippen LogP contribution in [0.2, 0.25) is 0 Å². The van der Waals surface area contributed by atoms with Crippen LogP contribution in [0.25, 0.3) is 10.9 Å². The first-order valence-corrected chi connectivity index (χ1v) is 7.51. The number of fused-ring (bicyclic) bond motifs is 1. The zero-order valence-electron chi connectivity index (χ0n) is 12.0. The highest BCUT2D eigenvalue weighted by atomic mass is 16.3. The van der Waals surface area contributed by atoms with E-state index in [2.05, 4.69) is 11.0 Å². The number of hydrogen-bond donors (Lipinski definition) is 1. The van der Waals surface area contributed by atoms with Gasteiger partial charge in [0.2, 0.25) is 0 Å². The fourth-order valence-corrected chi connectivity index (χ4v) is 3.15. The molecule has 3 rings (SSSR count). The van der Waals surface area contributed by atoms with Crippen molar-refractivity contribution >= 4 is 16.7 Å². The van der Waals surface area contributed by atoms with E-state index in [4.69, 9.17) is 4.98 Å². The van der Waals surface area contributed by atoms with E-state index >= 15 is 0 Å². The van der Waals surface area contributed by atoms with E-state index in [9.17, 15) is 10.4 Å². The van der Waals surface area contributed by atoms with Gasteiger partial charge >= 0.3 is 0 Å². The first-order chi connectivity index (χ1) is 10.3. The van der Waals surface area contributed by atoms with Gasteiger partial charge in [0.1, 0.15) is 5.82 Å². The Bertz CT molecular complexity index is 675. The number of benzene rings is 1. The lowest BCUT2D eigenvalue weighted by Crippen LogP contribution is -2.40. The second-order valence-corrected chi connectivity index (χ2v) is 5.51. The summed E-state index contributed by atoms with van der Waals surface area (Å²) in [5.41, 5.74) is 1.53. The van der Waals surface area contributed by atoms with Gasteiger partial charge in [0.05, 0.1) is 17.1 Å². The van der Waals surface area contributed by atoms with E-state index in [1.165, 1.54) is 6.42 Å². The molecule has 0 amide bonds. The molecule has 1 aliphatic heterocycles. The molecule has 1 aromatic carbocycles. The zero-order chi connectivity index (χ0) is 14.7. The molecule has 0 bridgehead atoms. The number of rotatable bonds is 3. The molecule has 0 aliphatic carbocycles. The number of nitrogens with zero attached hydrogens (tertiary/aromatic N) is 3. The summed E-state index contributed by atoms with van der Waals surface area (Å²) in [4.78, 5) is 6.99. The summed E-state index contributed by atoms with van der Waals surface area (Å²) >= 11 is 0. The Labute approximate surface area is 124 Å². The summed E-state index contributed by atoms with van der Waals surface area (Å²) in [6.07, 6.45) is 4.17. The van der Waals surface area contributed by atoms with Gasteiger partial charge in [-0.3, -0.25) is 0 Å². The predicted octanol–water partition coefficient (Wildman–Crippen LogP) is 2.85. The fraction of sp³-hybridized carbons (Fsp3) is 0.412. The molecule has 1 unspecified atom stereocenters. The van der Waals surface area contributed by atoms with E-state index in [1.807, 2.05) is 30.3 Å². The second-order valence-electron chi connectivity index (χ2n) is 5.51. The van der Waals surface area contributed by atoms with Crippen LogP contribution in [0.15, 0.2) is 30.3 Å². The minimum Gasteiger partial charge on any atom is -0.396 e. The minimum absolute atomic E-state index is 0.194. The normalized spacial score (nSPS) is 18.7. The van der Waals surface area contributed by atoms with Crippen LogP contribution in [0.1, 0.15) is 31.2 Å². The van der Waals surface area contributed by atoms with Gasteiger partial charge in [0, 0.05) is 24.6 Å². The maximum absolute atomic E-state index is 9.39. The number of anilines is 1. The van der Waals surface area contributed by atoms with Gasteiger partial charge in [-0.05, 0) is 37.8 Å². The molecule has 2 heterocycles. The van der Waals surface area contributed by atoms with Gasteiger partial charge in [-0.15, -0.1) is 0 Å². The van der Waals surface area contributed by atoms with E-state index in [0.29, 0.717) is 11.6 Å². The highest BCUT2D eigenvalue weighted by molar-refractivity contribution is 5.86. The molecule has 1 fully saturated rings. The maximum atomic E-state index is 9.39. The van der Waals surface area contributed by atoms with Crippen LogP contribution >= 0.6 is 0 Å². The average Bonchev–Trinajstić information content (AvgIpc) is 2.54. The topological polar surface area (TPSA) is 60.2 Å². The zero-order valence-corrected chi connectivity index (χ0v) is 12.0. The van der Waals surface area contributed by atoms with Crippen molar-refractivity contribution in [3.63, 3.8) is 0 Å². The van der Waals surface area contributed by atoms with Crippen LogP contribution in [0.5, 0.6) is 0 Å². The first-order valence-electron chi connectivity index (χ1n) is 7.51. The molecule has 1 N–H and O–H groups in total. The Hall–Kier alpha value is -2.12. The summed E-state index contributed by atoms with van der Waals surface area (Å²) in [6.45, 7) is 1.14. The number of aliphatic hydroxyl groups excluding tert-OH is 1. The standard InChI is InChI=1S/C17H19N3O/c18-12-13-11-17(19-16-7-2-1-6-15(13)16)20-9-4-3-5-14(20)8-10-21/h1-2,6-7,11,14,21H,3-5,8-10H2. The Morgan fingerprint density at radius 2 is 2.19 bits per heavy atom. The first kappa shape index (κ1) is 13.8. The Morgan fingerprint density at radius 1 is 1.33 bits per heavy atom. The lowest BCUT2D eigenvalue weighted by Gasteiger charge is -2.36. The van der Waals surface area contributed by atoms with E-state index in [1.54, 1.807) is 0 Å². The smallest absolute Gasteiger partial charge is 0.130 e. The van der Waals surface area contributed by atoms with Crippen LogP contribution in [0.3, 0.4) is 0 Å². The number of nitriles is 1. The SMILES string of the molecule is N#Cc1cc(N2CCCCC2CCO)nc2ccccc12. The highest BCUT2D eigenvalue weighted by Crippen LogP contribution is 2.28. The van der Waals surface area contributed by atoms with Crippen molar-refractivity contribution in [2.75, 3.05) is 18.1 Å². The number of para-hydroxylation sites is 1. The third kappa shape index (κ3) is 2.70. The molecule has 4 heteroatoms. The molecule has 1 aliphatic rings. The van der Waals surface area contributed by atoms with Gasteiger partial charge in [-0.2, -0.15) is 5.26 Å². The van der Waals surface area contributed by atoms with Crippen molar-refractivity contribution < 1.29 is 5.11 Å². The molecule has 108 valence electrons. The largest absolute Gasteiger partial charge is 0.396 e. The van der Waals surface area contributed by atoms with Crippen LogP contribution in [0, 0.1) is 11.3 Å². The van der Waals surface area contributed by atoms with Crippen LogP contribution < -0.4 is 4.90 Å². The number of aromatic nitrogens is 1. The minimum atomic E-state index is 0.194. The molecule has 4 nitrogen and oxygen atoms in total. The quantitative estimate of drug-likeness (QED) is 0.939. The van der Waals surface area contributed by atoms with E-state index in [-0.39, 0.29) is 6.61 Å². The number of piperidine rings is 1. The molecular formula is C17H19N3O. The van der Waals surface area contributed by atoms with E-state index in [0.717, 1.165) is 42.5 Å². The number of hydrogen-bond acceptors (Lipinski definition) is 4. The van der Waals surface area contributed by atoms with Gasteiger partial charge in [-0.25, -0.2) is 4.98 Å². The van der Waals surface area contributed by atoms with Crippen LogP contribution in [0.4, 0.5) is 5.82 Å². The number of pyridine rings is 1. The van der Waals surface area contributed by atoms with Crippen LogP contribution in [-0.4, -0.2) is 29.3 Å². The number of aliphatic hydroxyl groups is 1. The average molecular weight is 281 g/mol. The Balaban J connectivity index is 2.05. The van der Waals surface area contributed by atoms with E-state index < -0.39 is 0 Å². The monoisotopic (exact) mass is 281 g/mol. The van der Waals surface area contributed by atoms with Crippen molar-refractivity contribution in [3.05, 3.63) is 35.9 Å². The third-order valence-corrected chi connectivity index (χ3v) is 4.21. The van der Waals surface area contributed by atoms with Crippen molar-refractivity contribution in [1.29, 1.82) is 5.26 Å². The molecule has 0 spiro atoms. The fourth-order valence-electron chi connectivity index (χ4n) is 3.15. The van der Waals surface area contributed by atoms with Crippen molar-refractivity contribution in [1.82, 2.24) is 4.98 Å². The lowest BCUT2D eigenvalue weighted by atomic mass is 9.99. The van der Waals surface area contributed by atoms with Gasteiger partial charge in [-0.1, -0.05) is 18.2 Å². The van der Waals surface area contributed by atoms with Crippen molar-refractivity contribution in [3.8, 4) is 6.07 Å². The molecule has 0 radical (unpaired) electrons. The summed E-state index contributed by atoms with van der Waals surface area (Å²) < 4.78 is 0. The molecular weight excluding hydrogens is 262 g/mol.